The standard InChI is InChI=1S/C10H14N4S/c1-7-6-15-9(13-7)5-8(11)10-12-3-4-14(10)2/h3-4,6,8H,5,11H2,1-2H3. The van der Waals surface area contributed by atoms with Crippen molar-refractivity contribution in [1.29, 1.82) is 0 Å². The van der Waals surface area contributed by atoms with Crippen LogP contribution in [0, 0.1) is 6.92 Å². The fourth-order valence-corrected chi connectivity index (χ4v) is 2.34. The molecule has 1 atom stereocenters. The molecule has 5 heteroatoms. The van der Waals surface area contributed by atoms with Gasteiger partial charge in [0.1, 0.15) is 5.82 Å². The van der Waals surface area contributed by atoms with Crippen LogP contribution in [0.3, 0.4) is 0 Å². The Hall–Kier alpha value is -1.20. The van der Waals surface area contributed by atoms with E-state index in [4.69, 9.17) is 5.73 Å². The second kappa shape index (κ2) is 4.12. The lowest BCUT2D eigenvalue weighted by molar-refractivity contribution is 0.630. The number of hydrogen-bond acceptors (Lipinski definition) is 4. The van der Waals surface area contributed by atoms with Crippen LogP contribution >= 0.6 is 11.3 Å². The SMILES string of the molecule is Cc1csc(CC(N)c2nccn2C)n1. The Morgan fingerprint density at radius 1 is 1.60 bits per heavy atom. The maximum absolute atomic E-state index is 6.06. The van der Waals surface area contributed by atoms with Gasteiger partial charge in [-0.1, -0.05) is 0 Å². The second-order valence-corrected chi connectivity index (χ2v) is 4.53. The number of thiazole rings is 1. The third-order valence-corrected chi connectivity index (χ3v) is 3.24. The lowest BCUT2D eigenvalue weighted by Gasteiger charge is -2.09. The van der Waals surface area contributed by atoms with Crippen molar-refractivity contribution in [3.8, 4) is 0 Å². The summed E-state index contributed by atoms with van der Waals surface area (Å²) in [5.74, 6) is 0.905. The summed E-state index contributed by atoms with van der Waals surface area (Å²) >= 11 is 1.65. The van der Waals surface area contributed by atoms with Crippen LogP contribution in [0.1, 0.15) is 22.6 Å². The first-order valence-corrected chi connectivity index (χ1v) is 5.68. The molecule has 2 aromatic rings. The van der Waals surface area contributed by atoms with Crippen LogP contribution in [0.25, 0.3) is 0 Å². The summed E-state index contributed by atoms with van der Waals surface area (Å²) in [5.41, 5.74) is 7.12. The molecule has 0 amide bonds. The fraction of sp³-hybridized carbons (Fsp3) is 0.400. The van der Waals surface area contributed by atoms with E-state index in [1.807, 2.05) is 30.1 Å². The molecule has 0 fully saturated rings. The predicted molar refractivity (Wildman–Crippen MR) is 60.7 cm³/mol. The molecule has 0 radical (unpaired) electrons. The maximum atomic E-state index is 6.06. The average molecular weight is 222 g/mol. The summed E-state index contributed by atoms with van der Waals surface area (Å²) in [4.78, 5) is 8.63. The summed E-state index contributed by atoms with van der Waals surface area (Å²) in [7, 11) is 1.95. The van der Waals surface area contributed by atoms with Crippen LogP contribution in [-0.4, -0.2) is 14.5 Å². The van der Waals surface area contributed by atoms with Crippen molar-refractivity contribution < 1.29 is 0 Å². The number of nitrogens with two attached hydrogens (primary N) is 1. The molecule has 4 nitrogen and oxygen atoms in total. The van der Waals surface area contributed by atoms with Gasteiger partial charge in [0.15, 0.2) is 0 Å². The van der Waals surface area contributed by atoms with Crippen molar-refractivity contribution in [1.82, 2.24) is 14.5 Å². The zero-order valence-corrected chi connectivity index (χ0v) is 9.66. The molecule has 2 N–H and O–H groups in total. The van der Waals surface area contributed by atoms with E-state index >= 15 is 0 Å². The molecule has 0 aromatic carbocycles. The summed E-state index contributed by atoms with van der Waals surface area (Å²) in [6.45, 7) is 1.99. The molecule has 0 saturated heterocycles. The molecular formula is C10H14N4S. The Morgan fingerprint density at radius 3 is 2.93 bits per heavy atom. The van der Waals surface area contributed by atoms with E-state index in [1.54, 1.807) is 17.5 Å². The monoisotopic (exact) mass is 222 g/mol. The van der Waals surface area contributed by atoms with Crippen molar-refractivity contribution in [2.45, 2.75) is 19.4 Å². The number of aromatic nitrogens is 3. The van der Waals surface area contributed by atoms with Crippen molar-refractivity contribution in [3.05, 3.63) is 34.3 Å². The Labute approximate surface area is 92.8 Å². The molecule has 2 aromatic heterocycles. The van der Waals surface area contributed by atoms with Crippen LogP contribution in [0.15, 0.2) is 17.8 Å². The van der Waals surface area contributed by atoms with E-state index in [2.05, 4.69) is 9.97 Å². The van der Waals surface area contributed by atoms with Crippen LogP contribution in [0.4, 0.5) is 0 Å². The van der Waals surface area contributed by atoms with Crippen LogP contribution in [0.2, 0.25) is 0 Å². The largest absolute Gasteiger partial charge is 0.337 e. The third kappa shape index (κ3) is 2.24. The molecule has 2 heterocycles. The molecular weight excluding hydrogens is 208 g/mol. The third-order valence-electron chi connectivity index (χ3n) is 2.25. The van der Waals surface area contributed by atoms with Gasteiger partial charge in [0.2, 0.25) is 0 Å². The number of rotatable bonds is 3. The minimum atomic E-state index is -0.0736. The van der Waals surface area contributed by atoms with Crippen LogP contribution in [0.5, 0.6) is 0 Å². The first-order valence-electron chi connectivity index (χ1n) is 4.80. The Bertz CT molecular complexity index is 446. The van der Waals surface area contributed by atoms with Gasteiger partial charge in [-0.15, -0.1) is 11.3 Å². The van der Waals surface area contributed by atoms with Gasteiger partial charge < -0.3 is 10.3 Å². The van der Waals surface area contributed by atoms with Gasteiger partial charge in [-0.3, -0.25) is 0 Å². The first kappa shape index (κ1) is 10.3. The molecule has 0 saturated carbocycles. The summed E-state index contributed by atoms with van der Waals surface area (Å²) in [5, 5.41) is 3.11. The summed E-state index contributed by atoms with van der Waals surface area (Å²) in [6.07, 6.45) is 4.42. The normalized spacial score (nSPS) is 13.0. The lowest BCUT2D eigenvalue weighted by Crippen LogP contribution is -2.17. The quantitative estimate of drug-likeness (QED) is 0.854. The number of nitrogens with zero attached hydrogens (tertiary/aromatic N) is 3. The van der Waals surface area contributed by atoms with Gasteiger partial charge in [0, 0.05) is 36.9 Å². The van der Waals surface area contributed by atoms with Crippen LogP contribution < -0.4 is 5.73 Å². The Morgan fingerprint density at radius 2 is 2.40 bits per heavy atom. The molecule has 80 valence electrons. The predicted octanol–water partition coefficient (Wildman–Crippen LogP) is 1.43. The molecule has 0 aliphatic rings. The van der Waals surface area contributed by atoms with E-state index in [9.17, 15) is 0 Å². The molecule has 2 rings (SSSR count). The first-order chi connectivity index (χ1) is 7.16. The maximum Gasteiger partial charge on any atom is 0.125 e. The number of aryl methyl sites for hydroxylation is 2. The zero-order valence-electron chi connectivity index (χ0n) is 8.84. The Balaban J connectivity index is 2.10. The van der Waals surface area contributed by atoms with E-state index in [0.717, 1.165) is 22.9 Å². The smallest absolute Gasteiger partial charge is 0.125 e. The highest BCUT2D eigenvalue weighted by Crippen LogP contribution is 2.17. The van der Waals surface area contributed by atoms with Gasteiger partial charge in [-0.2, -0.15) is 0 Å². The minimum Gasteiger partial charge on any atom is -0.337 e. The van der Waals surface area contributed by atoms with Crippen molar-refractivity contribution in [3.63, 3.8) is 0 Å². The zero-order chi connectivity index (χ0) is 10.8. The van der Waals surface area contributed by atoms with Gasteiger partial charge >= 0.3 is 0 Å². The van der Waals surface area contributed by atoms with Crippen molar-refractivity contribution in [2.24, 2.45) is 12.8 Å². The van der Waals surface area contributed by atoms with Gasteiger partial charge in [0.25, 0.3) is 0 Å². The highest BCUT2D eigenvalue weighted by atomic mass is 32.1. The molecule has 0 aliphatic heterocycles. The van der Waals surface area contributed by atoms with Crippen molar-refractivity contribution in [2.75, 3.05) is 0 Å². The van der Waals surface area contributed by atoms with E-state index in [-0.39, 0.29) is 6.04 Å². The number of hydrogen-bond donors (Lipinski definition) is 1. The molecule has 15 heavy (non-hydrogen) atoms. The topological polar surface area (TPSA) is 56.7 Å². The van der Waals surface area contributed by atoms with E-state index in [0.29, 0.717) is 0 Å². The summed E-state index contributed by atoms with van der Waals surface area (Å²) < 4.78 is 1.95. The Kier molecular flexibility index (Phi) is 2.83. The van der Waals surface area contributed by atoms with Crippen molar-refractivity contribution >= 4 is 11.3 Å². The second-order valence-electron chi connectivity index (χ2n) is 3.59. The van der Waals surface area contributed by atoms with Crippen LogP contribution in [-0.2, 0) is 13.5 Å². The number of imidazole rings is 1. The molecule has 1 unspecified atom stereocenters. The van der Waals surface area contributed by atoms with E-state index < -0.39 is 0 Å². The van der Waals surface area contributed by atoms with E-state index in [1.165, 1.54) is 0 Å². The molecule has 0 bridgehead atoms. The lowest BCUT2D eigenvalue weighted by atomic mass is 10.2. The average Bonchev–Trinajstić information content (AvgIpc) is 2.75. The minimum absolute atomic E-state index is 0.0736. The van der Waals surface area contributed by atoms with Gasteiger partial charge in [-0.05, 0) is 6.92 Å². The van der Waals surface area contributed by atoms with Gasteiger partial charge in [0.05, 0.1) is 11.0 Å². The van der Waals surface area contributed by atoms with Gasteiger partial charge in [-0.25, -0.2) is 9.97 Å². The molecule has 0 aliphatic carbocycles. The fourth-order valence-electron chi connectivity index (χ4n) is 1.51. The summed E-state index contributed by atoms with van der Waals surface area (Å²) in [6, 6.07) is -0.0736. The highest BCUT2D eigenvalue weighted by Gasteiger charge is 2.13. The highest BCUT2D eigenvalue weighted by molar-refractivity contribution is 7.09. The molecule has 0 spiro atoms.